The third-order valence-electron chi connectivity index (χ3n) is 9.60. The lowest BCUT2D eigenvalue weighted by atomic mass is 10.1. The molecule has 0 saturated carbocycles. The van der Waals surface area contributed by atoms with Crippen molar-refractivity contribution in [3.05, 3.63) is 12.2 Å². The van der Waals surface area contributed by atoms with Crippen molar-refractivity contribution in [2.45, 2.75) is 103 Å². The maximum absolute atomic E-state index is 10.9. The number of unbranched alkanes of at least 4 members (excludes halogenated alkanes) is 12. The van der Waals surface area contributed by atoms with Crippen LogP contribution in [0, 0.1) is 0 Å². The molecule has 0 aromatic heterocycles. The summed E-state index contributed by atoms with van der Waals surface area (Å²) in [5.41, 5.74) is 0. The molecule has 0 heterocycles. The number of ether oxygens (including phenoxy) is 5. The van der Waals surface area contributed by atoms with E-state index in [1.165, 1.54) is 77.0 Å². The highest BCUT2D eigenvalue weighted by Crippen LogP contribution is 2.10. The summed E-state index contributed by atoms with van der Waals surface area (Å²) in [5.74, 6) is 0. The van der Waals surface area contributed by atoms with Crippen LogP contribution in [0.1, 0.15) is 96.8 Å². The number of aliphatic hydroxyl groups excluding tert-OH is 5. The zero-order chi connectivity index (χ0) is 45.3. The maximum Gasteiger partial charge on any atom is 0.399 e. The van der Waals surface area contributed by atoms with Gasteiger partial charge in [0.05, 0.1) is 106 Å². The van der Waals surface area contributed by atoms with Gasteiger partial charge in [-0.1, -0.05) is 76.9 Å². The molecular formula is C43H91N3O14S. The van der Waals surface area contributed by atoms with Crippen LogP contribution in [-0.2, 0) is 42.4 Å². The lowest BCUT2D eigenvalue weighted by molar-refractivity contribution is 0.00448. The minimum atomic E-state index is -3.66. The normalized spacial score (nSPS) is 12.6. The largest absolute Gasteiger partial charge is 0.399 e. The summed E-state index contributed by atoms with van der Waals surface area (Å²) in [6.07, 6.45) is 21.9. The Hall–Kier alpha value is -0.910. The highest BCUT2D eigenvalue weighted by Gasteiger charge is 2.16. The van der Waals surface area contributed by atoms with Gasteiger partial charge in [-0.05, 0) is 32.1 Å². The second-order valence-electron chi connectivity index (χ2n) is 14.7. The summed E-state index contributed by atoms with van der Waals surface area (Å²) in [4.78, 5) is 6.74. The standard InChI is InChI=1S/C41H85N3O10.C2H6O4S/c1-2-3-4-5-6-7-8-9-10-11-12-13-14-15-16-17-30-54-40-41(49)39-44(25-34-53-38-29-48)21-20-42(22-31-50-35-26-45)18-19-43(23-32-51-36-27-46)24-33-52-37-28-47;1-5-7(3,4)6-2/h9-10,41,45-49H,2-8,11-40H2,1H3;1-2H3. The van der Waals surface area contributed by atoms with Crippen LogP contribution in [0.5, 0.6) is 0 Å². The predicted octanol–water partition coefficient (Wildman–Crippen LogP) is 2.87. The Morgan fingerprint density at radius 2 is 0.820 bits per heavy atom. The van der Waals surface area contributed by atoms with E-state index in [1.807, 2.05) is 0 Å². The topological polar surface area (TPSA) is 210 Å². The number of hydrogen-bond acceptors (Lipinski definition) is 17. The third kappa shape index (κ3) is 48.4. The number of allylic oxidation sites excluding steroid dienone is 2. The van der Waals surface area contributed by atoms with Crippen molar-refractivity contribution in [1.29, 1.82) is 0 Å². The molecule has 0 amide bonds. The van der Waals surface area contributed by atoms with Crippen LogP contribution >= 0.6 is 0 Å². The summed E-state index contributed by atoms with van der Waals surface area (Å²) in [5, 5.41) is 47.3. The van der Waals surface area contributed by atoms with Crippen LogP contribution in [0.15, 0.2) is 12.2 Å². The first-order valence-electron chi connectivity index (χ1n) is 22.9. The van der Waals surface area contributed by atoms with Crippen LogP contribution in [0.2, 0.25) is 0 Å². The van der Waals surface area contributed by atoms with Gasteiger partial charge in [0.25, 0.3) is 0 Å². The summed E-state index contributed by atoms with van der Waals surface area (Å²) in [7, 11) is -1.60. The molecule has 0 aromatic rings. The molecule has 0 fully saturated rings. The number of nitrogens with zero attached hydrogens (tertiary/aromatic N) is 3. The molecule has 0 saturated heterocycles. The molecule has 368 valence electrons. The highest BCUT2D eigenvalue weighted by atomic mass is 32.3. The number of aliphatic hydroxyl groups is 5. The van der Waals surface area contributed by atoms with Crippen LogP contribution in [0.25, 0.3) is 0 Å². The lowest BCUT2D eigenvalue weighted by Crippen LogP contribution is -2.45. The van der Waals surface area contributed by atoms with Gasteiger partial charge in [-0.15, -0.1) is 0 Å². The van der Waals surface area contributed by atoms with Gasteiger partial charge in [0.15, 0.2) is 0 Å². The van der Waals surface area contributed by atoms with Crippen LogP contribution in [0.3, 0.4) is 0 Å². The molecule has 0 radical (unpaired) electrons. The van der Waals surface area contributed by atoms with E-state index in [1.54, 1.807) is 0 Å². The Morgan fingerprint density at radius 3 is 1.21 bits per heavy atom. The van der Waals surface area contributed by atoms with Crippen LogP contribution in [-0.4, -0.2) is 220 Å². The molecular weight excluding hydrogens is 815 g/mol. The maximum atomic E-state index is 10.9. The molecule has 0 aliphatic carbocycles. The molecule has 5 N–H and O–H groups in total. The summed E-state index contributed by atoms with van der Waals surface area (Å²) in [6, 6.07) is 0. The molecule has 0 rings (SSSR count). The van der Waals surface area contributed by atoms with Gasteiger partial charge in [0.1, 0.15) is 0 Å². The molecule has 61 heavy (non-hydrogen) atoms. The van der Waals surface area contributed by atoms with Gasteiger partial charge in [0, 0.05) is 65.5 Å². The lowest BCUT2D eigenvalue weighted by Gasteiger charge is -2.31. The SMILES string of the molecule is CCCCCCCCC=CCCCCCCCCOCC(O)CN(CCOCCO)CCN(CCOCCO)CCN(CCOCCO)CCOCCO.COS(=O)(=O)OC. The van der Waals surface area contributed by atoms with E-state index in [-0.39, 0.29) is 33.0 Å². The van der Waals surface area contributed by atoms with Gasteiger partial charge in [-0.2, -0.15) is 8.42 Å². The van der Waals surface area contributed by atoms with E-state index in [2.05, 4.69) is 42.1 Å². The number of rotatable bonds is 48. The molecule has 1 unspecified atom stereocenters. The molecule has 0 aromatic carbocycles. The van der Waals surface area contributed by atoms with E-state index >= 15 is 0 Å². The van der Waals surface area contributed by atoms with E-state index in [0.717, 1.165) is 46.7 Å². The average Bonchev–Trinajstić information content (AvgIpc) is 3.26. The van der Waals surface area contributed by atoms with Crippen molar-refractivity contribution in [3.63, 3.8) is 0 Å². The molecule has 17 nitrogen and oxygen atoms in total. The van der Waals surface area contributed by atoms with Crippen molar-refractivity contribution in [2.24, 2.45) is 0 Å². The zero-order valence-corrected chi connectivity index (χ0v) is 39.4. The predicted molar refractivity (Wildman–Crippen MR) is 240 cm³/mol. The first-order chi connectivity index (χ1) is 29.7. The van der Waals surface area contributed by atoms with E-state index in [4.69, 9.17) is 44.1 Å². The fourth-order valence-electron chi connectivity index (χ4n) is 6.06. The highest BCUT2D eigenvalue weighted by molar-refractivity contribution is 7.81. The Kier molecular flexibility index (Phi) is 51.1. The first kappa shape index (κ1) is 62.2. The van der Waals surface area contributed by atoms with Gasteiger partial charge in [-0.25, -0.2) is 0 Å². The van der Waals surface area contributed by atoms with Crippen LogP contribution < -0.4 is 0 Å². The molecule has 1 atom stereocenters. The van der Waals surface area contributed by atoms with Crippen molar-refractivity contribution < 1.29 is 66.0 Å². The molecule has 0 spiro atoms. The van der Waals surface area contributed by atoms with Crippen molar-refractivity contribution in [2.75, 3.05) is 166 Å². The van der Waals surface area contributed by atoms with Gasteiger partial charge in [0.2, 0.25) is 0 Å². The quantitative estimate of drug-likeness (QED) is 0.0439. The van der Waals surface area contributed by atoms with Gasteiger partial charge in [-0.3, -0.25) is 23.1 Å². The molecule has 0 aliphatic heterocycles. The smallest absolute Gasteiger partial charge is 0.394 e. The minimum absolute atomic E-state index is 0.0123. The minimum Gasteiger partial charge on any atom is -0.394 e. The van der Waals surface area contributed by atoms with E-state index < -0.39 is 16.5 Å². The van der Waals surface area contributed by atoms with Crippen molar-refractivity contribution in [1.82, 2.24) is 14.7 Å². The summed E-state index contributed by atoms with van der Waals surface area (Å²) in [6.45, 7) is 12.4. The summed E-state index contributed by atoms with van der Waals surface area (Å²) < 4.78 is 55.5. The van der Waals surface area contributed by atoms with Crippen LogP contribution in [0.4, 0.5) is 0 Å². The Morgan fingerprint density at radius 1 is 0.459 bits per heavy atom. The molecule has 0 aliphatic rings. The Bertz CT molecular complexity index is 968. The van der Waals surface area contributed by atoms with Gasteiger partial charge >= 0.3 is 10.4 Å². The summed E-state index contributed by atoms with van der Waals surface area (Å²) >= 11 is 0. The Labute approximate surface area is 370 Å². The fourth-order valence-corrected chi connectivity index (χ4v) is 6.20. The monoisotopic (exact) mass is 906 g/mol. The average molecular weight is 906 g/mol. The second kappa shape index (κ2) is 50.1. The second-order valence-corrected chi connectivity index (χ2v) is 16.2. The molecule has 0 bridgehead atoms. The molecule has 18 heteroatoms. The van der Waals surface area contributed by atoms with E-state index in [0.29, 0.717) is 98.7 Å². The van der Waals surface area contributed by atoms with E-state index in [9.17, 15) is 13.5 Å². The fraction of sp³-hybridized carbons (Fsp3) is 0.953. The zero-order valence-electron chi connectivity index (χ0n) is 38.6. The van der Waals surface area contributed by atoms with Crippen molar-refractivity contribution >= 4 is 10.4 Å². The first-order valence-corrected chi connectivity index (χ1v) is 24.2. The third-order valence-corrected chi connectivity index (χ3v) is 10.4. The van der Waals surface area contributed by atoms with Crippen molar-refractivity contribution in [3.8, 4) is 0 Å². The van der Waals surface area contributed by atoms with Gasteiger partial charge < -0.3 is 49.2 Å². The Balaban J connectivity index is 0. The number of hydrogen-bond donors (Lipinski definition) is 5.